The molecule has 2 aliphatic rings. The van der Waals surface area contributed by atoms with Crippen LogP contribution in [-0.2, 0) is 23.8 Å². The fraction of sp³-hybridized carbons (Fsp3) is 0.326. The molecule has 5 atom stereocenters. The van der Waals surface area contributed by atoms with Gasteiger partial charge in [0, 0.05) is 43.1 Å². The minimum absolute atomic E-state index is 0.226. The maximum atomic E-state index is 13.9. The molecule has 3 aromatic heterocycles. The van der Waals surface area contributed by atoms with Crippen LogP contribution in [0.4, 0.5) is 9.59 Å². The molecule has 16 heteroatoms. The van der Waals surface area contributed by atoms with Gasteiger partial charge >= 0.3 is 12.2 Å². The number of hydrogen-bond donors (Lipinski definition) is 4. The van der Waals surface area contributed by atoms with E-state index in [0.717, 1.165) is 70.2 Å². The average molecular weight is 840 g/mol. The zero-order valence-corrected chi connectivity index (χ0v) is 35.0. The predicted molar refractivity (Wildman–Crippen MR) is 230 cm³/mol. The third-order valence-corrected chi connectivity index (χ3v) is 11.8. The number of carbonyl (C=O) groups is 4. The lowest BCUT2D eigenvalue weighted by atomic mass is 10.0. The number of nitrogens with one attached hydrogen (secondary N) is 4. The molecule has 6 aromatic rings. The summed E-state index contributed by atoms with van der Waals surface area (Å²) in [4.78, 5) is 76.4. The number of fused-ring (bicyclic) bond motifs is 1. The number of imidazole rings is 2. The molecular weight excluding hydrogens is 791 g/mol. The Morgan fingerprint density at radius 1 is 0.661 bits per heavy atom. The van der Waals surface area contributed by atoms with Gasteiger partial charge in [-0.25, -0.2) is 19.6 Å². The van der Waals surface area contributed by atoms with Crippen LogP contribution in [0.5, 0.6) is 0 Å². The zero-order valence-electron chi connectivity index (χ0n) is 35.0. The van der Waals surface area contributed by atoms with Crippen LogP contribution >= 0.6 is 0 Å². The summed E-state index contributed by atoms with van der Waals surface area (Å²) in [6, 6.07) is 23.2. The Kier molecular flexibility index (Phi) is 12.3. The number of amides is 4. The summed E-state index contributed by atoms with van der Waals surface area (Å²) < 4.78 is 15.0. The van der Waals surface area contributed by atoms with Gasteiger partial charge in [-0.15, -0.1) is 0 Å². The average Bonchev–Trinajstić information content (AvgIpc) is 4.17. The maximum Gasteiger partial charge on any atom is 0.407 e. The number of alkyl carbamates (subject to hydrolysis) is 2. The summed E-state index contributed by atoms with van der Waals surface area (Å²) in [5.74, 6) is 0.877. The highest BCUT2D eigenvalue weighted by atomic mass is 16.5. The number of pyridine rings is 1. The first-order valence-electron chi connectivity index (χ1n) is 20.6. The van der Waals surface area contributed by atoms with Crippen molar-refractivity contribution in [1.29, 1.82) is 0 Å². The molecule has 62 heavy (non-hydrogen) atoms. The van der Waals surface area contributed by atoms with Crippen LogP contribution in [0.15, 0.2) is 97.5 Å². The van der Waals surface area contributed by atoms with Gasteiger partial charge in [0.25, 0.3) is 5.91 Å². The van der Waals surface area contributed by atoms with Gasteiger partial charge in [0.15, 0.2) is 0 Å². The molecule has 0 aliphatic carbocycles. The third-order valence-electron chi connectivity index (χ3n) is 11.8. The number of benzene rings is 3. The van der Waals surface area contributed by atoms with Crippen molar-refractivity contribution in [3.63, 3.8) is 0 Å². The normalized spacial score (nSPS) is 17.7. The van der Waals surface area contributed by atoms with Gasteiger partial charge in [-0.1, -0.05) is 54.6 Å². The van der Waals surface area contributed by atoms with Gasteiger partial charge < -0.3 is 44.6 Å². The van der Waals surface area contributed by atoms with Crippen molar-refractivity contribution >= 4 is 34.8 Å². The summed E-state index contributed by atoms with van der Waals surface area (Å²) in [5.41, 5.74) is 5.88. The number of hydrogen-bond acceptors (Lipinski definition) is 10. The van der Waals surface area contributed by atoms with E-state index in [4.69, 9.17) is 24.2 Å². The SMILES string of the molecule is COC(=O)N[C@H](C(=O)N1CCC[C@H]1c1ncc(-c2ccc3cc(-c4ccc(-c5cnc([C@@H]6CCCN6C(=O)[C@H](NC(=O)OC)c6ccccc6)[nH]5)cn4)ccc3c2)[nH]1)[C@@H](C)OC. The molecule has 2 saturated heterocycles. The Hall–Kier alpha value is -7.07. The molecule has 2 fully saturated rings. The zero-order chi connectivity index (χ0) is 43.3. The molecular formula is C46H49N9O7. The topological polar surface area (TPSA) is 197 Å². The molecule has 0 saturated carbocycles. The Balaban J connectivity index is 0.942. The van der Waals surface area contributed by atoms with Crippen molar-refractivity contribution in [2.45, 2.75) is 62.9 Å². The molecule has 0 radical (unpaired) electrons. The maximum absolute atomic E-state index is 13.9. The molecule has 5 heterocycles. The number of H-pyrrole nitrogens is 2. The second-order valence-electron chi connectivity index (χ2n) is 15.5. The number of aromatic nitrogens is 5. The highest BCUT2D eigenvalue weighted by Gasteiger charge is 2.39. The van der Waals surface area contributed by atoms with Crippen molar-refractivity contribution in [1.82, 2.24) is 45.4 Å². The molecule has 0 spiro atoms. The summed E-state index contributed by atoms with van der Waals surface area (Å²) in [5, 5.41) is 7.42. The first kappa shape index (κ1) is 41.7. The van der Waals surface area contributed by atoms with E-state index in [-0.39, 0.29) is 23.9 Å². The third kappa shape index (κ3) is 8.59. The second kappa shape index (κ2) is 18.3. The van der Waals surface area contributed by atoms with E-state index in [1.54, 1.807) is 29.1 Å². The second-order valence-corrected chi connectivity index (χ2v) is 15.5. The van der Waals surface area contributed by atoms with Gasteiger partial charge in [-0.05, 0) is 73.2 Å². The Bertz CT molecular complexity index is 2560. The molecule has 0 bridgehead atoms. The number of methoxy groups -OCH3 is 3. The molecule has 0 unspecified atom stereocenters. The lowest BCUT2D eigenvalue weighted by Crippen LogP contribution is -2.54. The number of nitrogens with zero attached hydrogens (tertiary/aromatic N) is 5. The van der Waals surface area contributed by atoms with Crippen LogP contribution in [-0.4, -0.2) is 105 Å². The fourth-order valence-corrected chi connectivity index (χ4v) is 8.39. The van der Waals surface area contributed by atoms with Crippen LogP contribution in [0.1, 0.15) is 67.9 Å². The molecule has 4 amide bonds. The van der Waals surface area contributed by atoms with E-state index >= 15 is 0 Å². The van der Waals surface area contributed by atoms with Crippen LogP contribution in [0.2, 0.25) is 0 Å². The summed E-state index contributed by atoms with van der Waals surface area (Å²) >= 11 is 0. The lowest BCUT2D eigenvalue weighted by molar-refractivity contribution is -0.137. The van der Waals surface area contributed by atoms with Crippen molar-refractivity contribution in [3.05, 3.63) is 115 Å². The Morgan fingerprint density at radius 2 is 1.23 bits per heavy atom. The monoisotopic (exact) mass is 839 g/mol. The van der Waals surface area contributed by atoms with E-state index in [0.29, 0.717) is 30.3 Å². The number of carbonyl (C=O) groups excluding carboxylic acids is 4. The molecule has 320 valence electrons. The quantitative estimate of drug-likeness (QED) is 0.101. The van der Waals surface area contributed by atoms with Crippen molar-refractivity contribution < 1.29 is 33.4 Å². The van der Waals surface area contributed by atoms with E-state index in [1.807, 2.05) is 60.8 Å². The van der Waals surface area contributed by atoms with Crippen LogP contribution in [0.3, 0.4) is 0 Å². The fourth-order valence-electron chi connectivity index (χ4n) is 8.39. The highest BCUT2D eigenvalue weighted by Crippen LogP contribution is 2.36. The molecule has 4 N–H and O–H groups in total. The van der Waals surface area contributed by atoms with Crippen molar-refractivity contribution in [3.8, 4) is 33.8 Å². The van der Waals surface area contributed by atoms with E-state index < -0.39 is 30.4 Å². The summed E-state index contributed by atoms with van der Waals surface area (Å²) in [7, 11) is 4.03. The first-order valence-corrected chi connectivity index (χ1v) is 20.6. The smallest absolute Gasteiger partial charge is 0.407 e. The Morgan fingerprint density at radius 3 is 1.82 bits per heavy atom. The van der Waals surface area contributed by atoms with Crippen LogP contribution in [0, 0.1) is 0 Å². The van der Waals surface area contributed by atoms with Crippen LogP contribution < -0.4 is 10.6 Å². The van der Waals surface area contributed by atoms with E-state index in [1.165, 1.54) is 21.3 Å². The molecule has 3 aromatic carbocycles. The van der Waals surface area contributed by atoms with Crippen LogP contribution in [0.25, 0.3) is 44.5 Å². The largest absolute Gasteiger partial charge is 0.453 e. The van der Waals surface area contributed by atoms with Gasteiger partial charge in [0.1, 0.15) is 23.7 Å². The van der Waals surface area contributed by atoms with Crippen molar-refractivity contribution in [2.24, 2.45) is 0 Å². The molecule has 8 rings (SSSR count). The van der Waals surface area contributed by atoms with E-state index in [9.17, 15) is 19.2 Å². The first-order chi connectivity index (χ1) is 30.1. The Labute approximate surface area is 358 Å². The highest BCUT2D eigenvalue weighted by molar-refractivity contribution is 5.91. The van der Waals surface area contributed by atoms with Gasteiger partial charge in [0.2, 0.25) is 5.91 Å². The standard InChI is InChI=1S/C46H49N9O7/c1-27(60-2)39(52-45(58)61-3)43(56)54-20-8-12-37(54)41-48-25-35(50-41)32-17-15-29-22-31(16-14-30(29)23-32)34-19-18-33(24-47-34)36-26-49-42(51-36)38-13-9-21-55(38)44(57)40(53-46(59)62-4)28-10-6-5-7-11-28/h5-7,10-11,14-19,22-27,37-40H,8-9,12-13,20-21H2,1-4H3,(H,48,50)(H,49,51)(H,52,58)(H,53,59)/t27-,37+,38+,39+,40-/m1/s1. The molecule has 2 aliphatic heterocycles. The predicted octanol–water partition coefficient (Wildman–Crippen LogP) is 6.87. The molecule has 16 nitrogen and oxygen atoms in total. The minimum Gasteiger partial charge on any atom is -0.453 e. The lowest BCUT2D eigenvalue weighted by Gasteiger charge is -2.30. The van der Waals surface area contributed by atoms with Gasteiger partial charge in [-0.3, -0.25) is 14.6 Å². The number of ether oxygens (including phenoxy) is 3. The summed E-state index contributed by atoms with van der Waals surface area (Å²) in [6.45, 7) is 2.81. The van der Waals surface area contributed by atoms with E-state index in [2.05, 4.69) is 49.9 Å². The minimum atomic E-state index is -0.904. The van der Waals surface area contributed by atoms with Crippen molar-refractivity contribution in [2.75, 3.05) is 34.4 Å². The number of likely N-dealkylation sites (tertiary alicyclic amines) is 2. The number of aromatic amines is 2. The van der Waals surface area contributed by atoms with Gasteiger partial charge in [-0.2, -0.15) is 0 Å². The number of rotatable bonds is 12. The summed E-state index contributed by atoms with van der Waals surface area (Å²) in [6.07, 6.45) is 6.50. The van der Waals surface area contributed by atoms with Gasteiger partial charge in [0.05, 0.1) is 61.9 Å².